The highest BCUT2D eigenvalue weighted by Crippen LogP contribution is 2.24. The van der Waals surface area contributed by atoms with Gasteiger partial charge in [0.25, 0.3) is 0 Å². The summed E-state index contributed by atoms with van der Waals surface area (Å²) in [6.07, 6.45) is 1.01. The minimum atomic E-state index is -0.289. The zero-order valence-corrected chi connectivity index (χ0v) is 16.1. The van der Waals surface area contributed by atoms with Gasteiger partial charge in [-0.3, -0.25) is 14.9 Å². The van der Waals surface area contributed by atoms with Crippen LogP contribution in [0, 0.1) is 0 Å². The van der Waals surface area contributed by atoms with Gasteiger partial charge >= 0.3 is 0 Å². The molecule has 3 aromatic rings. The summed E-state index contributed by atoms with van der Waals surface area (Å²) in [5.41, 5.74) is 3.96. The standard InChI is InChI=1S/C22H22N2O4/c1-4-15-5-7-16(8-6-15)19-13-22(28-24-19)23-21(26)12-18-11-17(14(2)25)9-10-20(18)27-3/h5-11,13H,4,12H2,1-3H3,(H,23,26). The molecule has 1 N–H and O–H groups in total. The minimum absolute atomic E-state index is 0.0471. The Hall–Kier alpha value is -3.41. The third-order valence-electron chi connectivity index (χ3n) is 4.47. The molecule has 1 amide bonds. The molecule has 1 aromatic heterocycles. The van der Waals surface area contributed by atoms with Gasteiger partial charge in [0.15, 0.2) is 5.78 Å². The predicted molar refractivity (Wildman–Crippen MR) is 107 cm³/mol. The summed E-state index contributed by atoms with van der Waals surface area (Å²) in [7, 11) is 1.52. The van der Waals surface area contributed by atoms with Crippen molar-refractivity contribution >= 4 is 17.6 Å². The topological polar surface area (TPSA) is 81.4 Å². The second-order valence-electron chi connectivity index (χ2n) is 6.43. The molecule has 28 heavy (non-hydrogen) atoms. The summed E-state index contributed by atoms with van der Waals surface area (Å²) in [5.74, 6) is 0.456. The molecule has 3 rings (SSSR count). The highest BCUT2D eigenvalue weighted by molar-refractivity contribution is 5.96. The van der Waals surface area contributed by atoms with Gasteiger partial charge in [0.1, 0.15) is 11.4 Å². The Bertz CT molecular complexity index is 990. The van der Waals surface area contributed by atoms with Crippen LogP contribution in [0.5, 0.6) is 5.75 Å². The first-order chi connectivity index (χ1) is 13.5. The molecule has 0 radical (unpaired) electrons. The third-order valence-corrected chi connectivity index (χ3v) is 4.47. The average molecular weight is 378 g/mol. The van der Waals surface area contributed by atoms with Crippen LogP contribution < -0.4 is 10.1 Å². The maximum atomic E-state index is 12.4. The number of methoxy groups -OCH3 is 1. The van der Waals surface area contributed by atoms with Crippen molar-refractivity contribution in [1.29, 1.82) is 0 Å². The van der Waals surface area contributed by atoms with E-state index in [0.29, 0.717) is 22.6 Å². The highest BCUT2D eigenvalue weighted by Gasteiger charge is 2.14. The lowest BCUT2D eigenvalue weighted by molar-refractivity contribution is -0.115. The summed E-state index contributed by atoms with van der Waals surface area (Å²) in [6, 6.07) is 14.7. The zero-order chi connectivity index (χ0) is 20.1. The van der Waals surface area contributed by atoms with E-state index in [2.05, 4.69) is 17.4 Å². The van der Waals surface area contributed by atoms with Crippen LogP contribution in [0.3, 0.4) is 0 Å². The number of benzene rings is 2. The minimum Gasteiger partial charge on any atom is -0.496 e. The second kappa shape index (κ2) is 8.52. The van der Waals surface area contributed by atoms with E-state index in [4.69, 9.17) is 9.26 Å². The summed E-state index contributed by atoms with van der Waals surface area (Å²) >= 11 is 0. The van der Waals surface area contributed by atoms with Gasteiger partial charge in [-0.2, -0.15) is 0 Å². The lowest BCUT2D eigenvalue weighted by Gasteiger charge is -2.09. The van der Waals surface area contributed by atoms with Crippen molar-refractivity contribution in [3.8, 4) is 17.0 Å². The third kappa shape index (κ3) is 4.46. The summed E-state index contributed by atoms with van der Waals surface area (Å²) in [6.45, 7) is 3.58. The number of carbonyl (C=O) groups is 2. The number of aromatic nitrogens is 1. The van der Waals surface area contributed by atoms with Gasteiger partial charge in [-0.25, -0.2) is 0 Å². The number of hydrogen-bond acceptors (Lipinski definition) is 5. The fourth-order valence-electron chi connectivity index (χ4n) is 2.87. The van der Waals surface area contributed by atoms with Crippen LogP contribution in [0.25, 0.3) is 11.3 Å². The van der Waals surface area contributed by atoms with Crippen LogP contribution in [0.15, 0.2) is 53.1 Å². The van der Waals surface area contributed by atoms with Gasteiger partial charge in [0.05, 0.1) is 13.5 Å². The van der Waals surface area contributed by atoms with Crippen molar-refractivity contribution in [1.82, 2.24) is 5.16 Å². The molecule has 0 saturated carbocycles. The van der Waals surface area contributed by atoms with Crippen LogP contribution >= 0.6 is 0 Å². The number of hydrogen-bond donors (Lipinski definition) is 1. The largest absolute Gasteiger partial charge is 0.496 e. The maximum absolute atomic E-state index is 12.4. The Morgan fingerprint density at radius 2 is 1.86 bits per heavy atom. The summed E-state index contributed by atoms with van der Waals surface area (Å²) in [5, 5.41) is 6.71. The SMILES string of the molecule is CCc1ccc(-c2cc(NC(=O)Cc3cc(C(C)=O)ccc3OC)on2)cc1. The van der Waals surface area contributed by atoms with E-state index >= 15 is 0 Å². The van der Waals surface area contributed by atoms with Crippen molar-refractivity contribution in [2.45, 2.75) is 26.7 Å². The number of carbonyl (C=O) groups excluding carboxylic acids is 2. The van der Waals surface area contributed by atoms with Gasteiger partial charge in [-0.1, -0.05) is 36.3 Å². The van der Waals surface area contributed by atoms with Crippen LogP contribution in [0.1, 0.15) is 35.3 Å². The molecule has 1 heterocycles. The lowest BCUT2D eigenvalue weighted by Crippen LogP contribution is -2.15. The van der Waals surface area contributed by atoms with Crippen molar-refractivity contribution in [3.05, 3.63) is 65.2 Å². The number of amides is 1. The van der Waals surface area contributed by atoms with Crippen molar-refractivity contribution in [2.75, 3.05) is 12.4 Å². The lowest BCUT2D eigenvalue weighted by atomic mass is 10.0. The molecule has 0 aliphatic rings. The molecule has 0 atom stereocenters. The smallest absolute Gasteiger partial charge is 0.231 e. The van der Waals surface area contributed by atoms with Gasteiger partial charge in [-0.15, -0.1) is 0 Å². The molecule has 0 spiro atoms. The maximum Gasteiger partial charge on any atom is 0.231 e. The van der Waals surface area contributed by atoms with Gasteiger partial charge in [-0.05, 0) is 37.1 Å². The van der Waals surface area contributed by atoms with E-state index in [9.17, 15) is 9.59 Å². The van der Waals surface area contributed by atoms with Crippen LogP contribution in [-0.2, 0) is 17.6 Å². The Morgan fingerprint density at radius 3 is 2.50 bits per heavy atom. The predicted octanol–water partition coefficient (Wildman–Crippen LogP) is 4.30. The van der Waals surface area contributed by atoms with Gasteiger partial charge in [0.2, 0.25) is 11.8 Å². The number of aryl methyl sites for hydroxylation is 1. The average Bonchev–Trinajstić information content (AvgIpc) is 3.16. The van der Waals surface area contributed by atoms with Crippen LogP contribution in [0.2, 0.25) is 0 Å². The molecule has 0 bridgehead atoms. The molecule has 0 unspecified atom stereocenters. The second-order valence-corrected chi connectivity index (χ2v) is 6.43. The van der Waals surface area contributed by atoms with Crippen LogP contribution in [0.4, 0.5) is 5.88 Å². The molecule has 0 saturated heterocycles. The molecule has 144 valence electrons. The molecular formula is C22H22N2O4. The summed E-state index contributed by atoms with van der Waals surface area (Å²) < 4.78 is 10.5. The normalized spacial score (nSPS) is 10.5. The molecule has 0 fully saturated rings. The first-order valence-corrected chi connectivity index (χ1v) is 9.04. The van der Waals surface area contributed by atoms with E-state index < -0.39 is 0 Å². The Labute approximate surface area is 163 Å². The fraction of sp³-hybridized carbons (Fsp3) is 0.227. The fourth-order valence-corrected chi connectivity index (χ4v) is 2.87. The molecular weight excluding hydrogens is 356 g/mol. The highest BCUT2D eigenvalue weighted by atomic mass is 16.5. The van der Waals surface area contributed by atoms with E-state index in [0.717, 1.165) is 12.0 Å². The van der Waals surface area contributed by atoms with Gasteiger partial charge < -0.3 is 9.26 Å². The summed E-state index contributed by atoms with van der Waals surface area (Å²) in [4.78, 5) is 24.0. The molecule has 0 aliphatic carbocycles. The van der Waals surface area contributed by atoms with E-state index in [1.807, 2.05) is 24.3 Å². The zero-order valence-electron chi connectivity index (χ0n) is 16.1. The number of nitrogens with one attached hydrogen (secondary N) is 1. The number of Topliss-reactive ketones (excluding diaryl/α,β-unsaturated/α-hetero) is 1. The number of anilines is 1. The molecule has 0 aliphatic heterocycles. The van der Waals surface area contributed by atoms with E-state index in [1.54, 1.807) is 24.3 Å². The van der Waals surface area contributed by atoms with E-state index in [1.165, 1.54) is 19.6 Å². The Morgan fingerprint density at radius 1 is 1.11 bits per heavy atom. The number of ketones is 1. The first-order valence-electron chi connectivity index (χ1n) is 9.04. The number of rotatable bonds is 7. The molecule has 2 aromatic carbocycles. The van der Waals surface area contributed by atoms with Gasteiger partial charge in [0, 0.05) is 22.8 Å². The van der Waals surface area contributed by atoms with Crippen molar-refractivity contribution in [2.24, 2.45) is 0 Å². The number of nitrogens with zero attached hydrogens (tertiary/aromatic N) is 1. The molecule has 6 heteroatoms. The van der Waals surface area contributed by atoms with Crippen LogP contribution in [-0.4, -0.2) is 24.0 Å². The van der Waals surface area contributed by atoms with Crippen molar-refractivity contribution < 1.29 is 18.8 Å². The molecule has 6 nitrogen and oxygen atoms in total. The van der Waals surface area contributed by atoms with E-state index in [-0.39, 0.29) is 24.0 Å². The number of ether oxygens (including phenoxy) is 1. The monoisotopic (exact) mass is 378 g/mol. The first kappa shape index (κ1) is 19.4. The Balaban J connectivity index is 1.71. The quantitative estimate of drug-likeness (QED) is 0.620. The van der Waals surface area contributed by atoms with Crippen molar-refractivity contribution in [3.63, 3.8) is 0 Å². The Kier molecular flexibility index (Phi) is 5.89.